The zero-order chi connectivity index (χ0) is 2.71. The molecule has 24 valence electrons. The molecule has 1 nitrogen and oxygen atoms in total. The summed E-state index contributed by atoms with van der Waals surface area (Å²) in [4.78, 5) is 8.57. The summed E-state index contributed by atoms with van der Waals surface area (Å²) in [7, 11) is 0. The average Bonchev–Trinajstić information content (AvgIpc) is 0.918. The maximum absolute atomic E-state index is 8.57. The van der Waals surface area contributed by atoms with E-state index in [4.69, 9.17) is 4.79 Å². The van der Waals surface area contributed by atoms with E-state index in [1.807, 2.05) is 0 Å². The Balaban J connectivity index is 0. The molecule has 0 aliphatic heterocycles. The van der Waals surface area contributed by atoms with Crippen molar-refractivity contribution in [2.45, 2.75) is 0 Å². The maximum Gasteiger partial charge on any atom is 0.116 e. The minimum absolute atomic E-state index is 0. The molecule has 4 heavy (non-hydrogen) atoms. The lowest BCUT2D eigenvalue weighted by Crippen LogP contribution is -1.15. The van der Waals surface area contributed by atoms with Gasteiger partial charge in [-0.05, 0) is 6.58 Å². The van der Waals surface area contributed by atoms with Gasteiger partial charge in [0.05, 0.1) is 0 Å². The summed E-state index contributed by atoms with van der Waals surface area (Å²) in [6.45, 7) is 2.68. The summed E-state index contributed by atoms with van der Waals surface area (Å²) in [5.74, 6) is 1.25. The van der Waals surface area contributed by atoms with Gasteiger partial charge in [0.2, 0.25) is 0 Å². The monoisotopic (exact) mass is 76.0 g/mol. The molecular weight excluding hydrogens is 72.1 g/mol. The van der Waals surface area contributed by atoms with Crippen LogP contribution in [-0.4, -0.2) is 5.94 Å². The van der Waals surface area contributed by atoms with E-state index in [-0.39, 0.29) is 13.5 Å². The molecule has 0 amide bonds. The normalized spacial score (nSPS) is 2.00. The first-order chi connectivity index (χ1) is 1.41. The Labute approximate surface area is 31.8 Å². The standard InChI is InChI=1S/C2H2O.H2S/c1-2-3;/h1H2;1H2. The predicted molar refractivity (Wildman–Crippen MR) is 21.7 cm³/mol. The lowest BCUT2D eigenvalue weighted by molar-refractivity contribution is 0.569. The average molecular weight is 76.1 g/mol. The molecule has 0 aromatic heterocycles. The van der Waals surface area contributed by atoms with Crippen molar-refractivity contribution in [1.29, 1.82) is 0 Å². The lowest BCUT2D eigenvalue weighted by Gasteiger charge is -1.02. The van der Waals surface area contributed by atoms with Gasteiger partial charge in [-0.2, -0.15) is 13.5 Å². The van der Waals surface area contributed by atoms with Crippen molar-refractivity contribution in [1.82, 2.24) is 0 Å². The van der Waals surface area contributed by atoms with E-state index in [2.05, 4.69) is 6.58 Å². The molecule has 0 aromatic carbocycles. The van der Waals surface area contributed by atoms with Gasteiger partial charge in [-0.3, -0.25) is 0 Å². The lowest BCUT2D eigenvalue weighted by atomic mass is 11.2. The highest BCUT2D eigenvalue weighted by Crippen LogP contribution is 0.894. The molecule has 0 atom stereocenters. The molecule has 2 heteroatoms. The molecular formula is C2H4OS. The van der Waals surface area contributed by atoms with Gasteiger partial charge in [0.15, 0.2) is 0 Å². The molecule has 0 rings (SSSR count). The largest absolute Gasteiger partial charge is 0.234 e. The molecule has 0 aromatic rings. The highest BCUT2D eigenvalue weighted by Gasteiger charge is 1.01. The second kappa shape index (κ2) is 14.2. The fourth-order valence-corrected chi connectivity index (χ4v) is 0. The Morgan fingerprint density at radius 3 is 1.75 bits per heavy atom. The van der Waals surface area contributed by atoms with Crippen molar-refractivity contribution >= 4 is 19.4 Å². The molecule has 0 heterocycles. The topological polar surface area (TPSA) is 17.1 Å². The first-order valence-corrected chi connectivity index (χ1v) is 0.558. The molecule has 0 aliphatic rings. The fourth-order valence-electron chi connectivity index (χ4n) is 0. The summed E-state index contributed by atoms with van der Waals surface area (Å²) in [6.07, 6.45) is 0. The van der Waals surface area contributed by atoms with Crippen molar-refractivity contribution in [2.24, 2.45) is 0 Å². The van der Waals surface area contributed by atoms with E-state index >= 15 is 0 Å². The van der Waals surface area contributed by atoms with Crippen LogP contribution in [0.3, 0.4) is 0 Å². The number of rotatable bonds is 0. The summed E-state index contributed by atoms with van der Waals surface area (Å²) >= 11 is 0. The Kier molecular flexibility index (Phi) is 32.6. The van der Waals surface area contributed by atoms with Crippen LogP contribution in [0.25, 0.3) is 0 Å². The van der Waals surface area contributed by atoms with Crippen LogP contribution in [0.4, 0.5) is 0 Å². The third-order valence-electron chi connectivity index (χ3n) is 0. The Morgan fingerprint density at radius 1 is 1.75 bits per heavy atom. The zero-order valence-electron chi connectivity index (χ0n) is 2.12. The molecule has 0 spiro atoms. The van der Waals surface area contributed by atoms with E-state index in [1.165, 1.54) is 5.94 Å². The van der Waals surface area contributed by atoms with Crippen molar-refractivity contribution in [3.8, 4) is 0 Å². The summed E-state index contributed by atoms with van der Waals surface area (Å²) in [6, 6.07) is 0. The van der Waals surface area contributed by atoms with E-state index in [9.17, 15) is 0 Å². The fraction of sp³-hybridized carbons (Fsp3) is 0. The summed E-state index contributed by atoms with van der Waals surface area (Å²) < 4.78 is 0. The predicted octanol–water partition coefficient (Wildman–Crippen LogP) is 0.117. The molecule has 0 saturated carbocycles. The third kappa shape index (κ3) is 28.8. The molecule has 0 saturated heterocycles. The van der Waals surface area contributed by atoms with Gasteiger partial charge in [-0.1, -0.05) is 0 Å². The van der Waals surface area contributed by atoms with Crippen LogP contribution in [0, 0.1) is 0 Å². The van der Waals surface area contributed by atoms with Crippen LogP contribution in [0.5, 0.6) is 0 Å². The summed E-state index contributed by atoms with van der Waals surface area (Å²) in [5.41, 5.74) is 0. The smallest absolute Gasteiger partial charge is 0.116 e. The number of hydrogen-bond donors (Lipinski definition) is 0. The van der Waals surface area contributed by atoms with Crippen molar-refractivity contribution in [3.63, 3.8) is 0 Å². The van der Waals surface area contributed by atoms with E-state index in [1.54, 1.807) is 0 Å². The van der Waals surface area contributed by atoms with Crippen LogP contribution in [-0.2, 0) is 4.79 Å². The molecule has 0 bridgehead atoms. The van der Waals surface area contributed by atoms with Crippen LogP contribution < -0.4 is 0 Å². The molecule has 0 aliphatic carbocycles. The van der Waals surface area contributed by atoms with Gasteiger partial charge in [-0.25, -0.2) is 4.79 Å². The van der Waals surface area contributed by atoms with Crippen molar-refractivity contribution in [3.05, 3.63) is 6.58 Å². The highest BCUT2D eigenvalue weighted by molar-refractivity contribution is 7.59. The molecule has 0 radical (unpaired) electrons. The van der Waals surface area contributed by atoms with Crippen LogP contribution in [0.15, 0.2) is 6.58 Å². The maximum atomic E-state index is 8.57. The quantitative estimate of drug-likeness (QED) is 0.374. The summed E-state index contributed by atoms with van der Waals surface area (Å²) in [5, 5.41) is 0. The van der Waals surface area contributed by atoms with Gasteiger partial charge in [-0.15, -0.1) is 0 Å². The first kappa shape index (κ1) is 9.20. The Morgan fingerprint density at radius 2 is 1.75 bits per heavy atom. The van der Waals surface area contributed by atoms with Crippen molar-refractivity contribution in [2.75, 3.05) is 0 Å². The number of hydrogen-bond acceptors (Lipinski definition) is 1. The minimum Gasteiger partial charge on any atom is -0.234 e. The van der Waals surface area contributed by atoms with Gasteiger partial charge >= 0.3 is 0 Å². The Bertz CT molecular complexity index is 27.0. The van der Waals surface area contributed by atoms with E-state index in [0.29, 0.717) is 0 Å². The zero-order valence-corrected chi connectivity index (χ0v) is 3.12. The SMILES string of the molecule is C=C=O.S. The molecule has 0 N–H and O–H groups in total. The van der Waals surface area contributed by atoms with Crippen LogP contribution >= 0.6 is 13.5 Å². The molecule has 0 unspecified atom stereocenters. The van der Waals surface area contributed by atoms with E-state index in [0.717, 1.165) is 0 Å². The third-order valence-corrected chi connectivity index (χ3v) is 0. The molecule has 0 fully saturated rings. The van der Waals surface area contributed by atoms with Gasteiger partial charge < -0.3 is 0 Å². The second-order valence-corrected chi connectivity index (χ2v) is 0.144. The highest BCUT2D eigenvalue weighted by atomic mass is 32.1. The Hall–Kier alpha value is -0.200. The first-order valence-electron chi connectivity index (χ1n) is 0.558. The van der Waals surface area contributed by atoms with Gasteiger partial charge in [0.25, 0.3) is 0 Å². The van der Waals surface area contributed by atoms with Gasteiger partial charge in [0.1, 0.15) is 5.94 Å². The number of carbonyl (C=O) groups excluding carboxylic acids is 1. The van der Waals surface area contributed by atoms with Crippen molar-refractivity contribution < 1.29 is 4.79 Å². The van der Waals surface area contributed by atoms with Gasteiger partial charge in [0, 0.05) is 0 Å². The minimum atomic E-state index is 0. The van der Waals surface area contributed by atoms with Crippen LogP contribution in [0.2, 0.25) is 0 Å². The second-order valence-electron chi connectivity index (χ2n) is 0.144. The van der Waals surface area contributed by atoms with Crippen LogP contribution in [0.1, 0.15) is 0 Å². The van der Waals surface area contributed by atoms with E-state index < -0.39 is 0 Å².